The predicted molar refractivity (Wildman–Crippen MR) is 68.6 cm³/mol. The molecule has 1 amide bonds. The molecule has 1 aliphatic rings. The van der Waals surface area contributed by atoms with Crippen LogP contribution in [0.3, 0.4) is 0 Å². The topological polar surface area (TPSA) is 41.1 Å². The summed E-state index contributed by atoms with van der Waals surface area (Å²) in [6.07, 6.45) is 0. The zero-order valence-corrected chi connectivity index (χ0v) is 11.0. The molecule has 0 saturated carbocycles. The van der Waals surface area contributed by atoms with Crippen molar-refractivity contribution in [3.63, 3.8) is 0 Å². The highest BCUT2D eigenvalue weighted by atomic mass is 79.9. The van der Waals surface area contributed by atoms with E-state index in [0.717, 1.165) is 34.4 Å². The predicted octanol–water partition coefficient (Wildman–Crippen LogP) is 2.22. The summed E-state index contributed by atoms with van der Waals surface area (Å²) in [4.78, 5) is 11.7. The zero-order chi connectivity index (χ0) is 11.7. The van der Waals surface area contributed by atoms with E-state index in [0.29, 0.717) is 0 Å². The maximum Gasteiger partial charge on any atom is 0.230 e. The molecule has 0 aliphatic carbocycles. The van der Waals surface area contributed by atoms with Gasteiger partial charge in [0.05, 0.1) is 5.92 Å². The Bertz CT molecular complexity index is 404. The largest absolute Gasteiger partial charge is 0.326 e. The van der Waals surface area contributed by atoms with Gasteiger partial charge in [0.2, 0.25) is 5.91 Å². The first kappa shape index (κ1) is 11.6. The van der Waals surface area contributed by atoms with Crippen molar-refractivity contribution in [2.75, 3.05) is 18.4 Å². The molecular weight excluding hydrogens is 268 g/mol. The van der Waals surface area contributed by atoms with Gasteiger partial charge >= 0.3 is 0 Å². The van der Waals surface area contributed by atoms with Crippen LogP contribution in [-0.2, 0) is 4.79 Å². The van der Waals surface area contributed by atoms with E-state index in [1.807, 2.05) is 26.0 Å². The maximum atomic E-state index is 11.7. The van der Waals surface area contributed by atoms with Crippen LogP contribution in [0.25, 0.3) is 0 Å². The number of nitrogens with one attached hydrogen (secondary N) is 2. The molecule has 0 unspecified atom stereocenters. The van der Waals surface area contributed by atoms with E-state index < -0.39 is 0 Å². The number of carbonyl (C=O) groups excluding carboxylic acids is 1. The molecule has 1 fully saturated rings. The Labute approximate surface area is 104 Å². The Morgan fingerprint density at radius 1 is 1.38 bits per heavy atom. The first-order valence-corrected chi connectivity index (χ1v) is 6.15. The van der Waals surface area contributed by atoms with Crippen LogP contribution in [0, 0.1) is 19.8 Å². The molecular formula is C12H15BrN2O. The molecule has 1 aromatic rings. The second-order valence-electron chi connectivity index (χ2n) is 4.27. The lowest BCUT2D eigenvalue weighted by Gasteiger charge is -2.26. The summed E-state index contributed by atoms with van der Waals surface area (Å²) in [5, 5.41) is 6.04. The number of anilines is 1. The Balaban J connectivity index is 2.12. The smallest absolute Gasteiger partial charge is 0.230 e. The second kappa shape index (κ2) is 4.55. The van der Waals surface area contributed by atoms with Crippen molar-refractivity contribution >= 4 is 27.5 Å². The second-order valence-corrected chi connectivity index (χ2v) is 5.06. The minimum atomic E-state index is 0.111. The Morgan fingerprint density at radius 3 is 2.38 bits per heavy atom. The zero-order valence-electron chi connectivity index (χ0n) is 9.43. The molecule has 1 saturated heterocycles. The summed E-state index contributed by atoms with van der Waals surface area (Å²) in [5.74, 6) is 0.240. The Hall–Kier alpha value is -0.870. The van der Waals surface area contributed by atoms with E-state index in [-0.39, 0.29) is 11.8 Å². The fraction of sp³-hybridized carbons (Fsp3) is 0.417. The van der Waals surface area contributed by atoms with Gasteiger partial charge in [0.25, 0.3) is 0 Å². The summed E-state index contributed by atoms with van der Waals surface area (Å²) in [7, 11) is 0. The molecule has 0 bridgehead atoms. The van der Waals surface area contributed by atoms with Crippen molar-refractivity contribution in [2.24, 2.45) is 5.92 Å². The van der Waals surface area contributed by atoms with Gasteiger partial charge in [0.15, 0.2) is 0 Å². The molecule has 2 rings (SSSR count). The fourth-order valence-corrected chi connectivity index (χ4v) is 1.97. The van der Waals surface area contributed by atoms with Gasteiger partial charge in [-0.15, -0.1) is 0 Å². The van der Waals surface area contributed by atoms with Gasteiger partial charge in [-0.05, 0) is 37.1 Å². The van der Waals surface area contributed by atoms with Crippen LogP contribution in [-0.4, -0.2) is 19.0 Å². The monoisotopic (exact) mass is 282 g/mol. The third-order valence-corrected chi connectivity index (χ3v) is 4.11. The molecule has 1 aromatic carbocycles. The van der Waals surface area contributed by atoms with E-state index >= 15 is 0 Å². The molecule has 3 nitrogen and oxygen atoms in total. The lowest BCUT2D eigenvalue weighted by Crippen LogP contribution is -2.48. The molecule has 2 N–H and O–H groups in total. The van der Waals surface area contributed by atoms with Gasteiger partial charge in [-0.3, -0.25) is 4.79 Å². The van der Waals surface area contributed by atoms with Gasteiger partial charge in [-0.2, -0.15) is 0 Å². The van der Waals surface area contributed by atoms with Crippen LogP contribution in [0.15, 0.2) is 16.6 Å². The van der Waals surface area contributed by atoms with Crippen LogP contribution in [0.1, 0.15) is 11.1 Å². The molecule has 1 heterocycles. The number of carbonyl (C=O) groups is 1. The number of amides is 1. The summed E-state index contributed by atoms with van der Waals surface area (Å²) in [5.41, 5.74) is 3.17. The van der Waals surface area contributed by atoms with Crippen molar-refractivity contribution in [3.05, 3.63) is 27.7 Å². The molecule has 86 valence electrons. The fourth-order valence-electron chi connectivity index (χ4n) is 1.74. The molecule has 0 radical (unpaired) electrons. The molecule has 0 aromatic heterocycles. The maximum absolute atomic E-state index is 11.7. The van der Waals surface area contributed by atoms with Crippen molar-refractivity contribution in [1.82, 2.24) is 5.32 Å². The quantitative estimate of drug-likeness (QED) is 0.874. The normalized spacial score (nSPS) is 15.7. The van der Waals surface area contributed by atoms with E-state index in [4.69, 9.17) is 0 Å². The molecule has 16 heavy (non-hydrogen) atoms. The number of aryl methyl sites for hydroxylation is 2. The van der Waals surface area contributed by atoms with Crippen molar-refractivity contribution in [1.29, 1.82) is 0 Å². The summed E-state index contributed by atoms with van der Waals surface area (Å²) < 4.78 is 1.11. The van der Waals surface area contributed by atoms with Gasteiger partial charge in [0.1, 0.15) is 0 Å². The highest BCUT2D eigenvalue weighted by molar-refractivity contribution is 9.10. The number of rotatable bonds is 2. The van der Waals surface area contributed by atoms with Crippen LogP contribution in [0.2, 0.25) is 0 Å². The van der Waals surface area contributed by atoms with Crippen LogP contribution in [0.5, 0.6) is 0 Å². The summed E-state index contributed by atoms with van der Waals surface area (Å²) in [6.45, 7) is 5.63. The van der Waals surface area contributed by atoms with Crippen LogP contribution in [0.4, 0.5) is 5.69 Å². The minimum Gasteiger partial charge on any atom is -0.326 e. The van der Waals surface area contributed by atoms with Gasteiger partial charge in [-0.1, -0.05) is 15.9 Å². The Morgan fingerprint density at radius 2 is 1.94 bits per heavy atom. The van der Waals surface area contributed by atoms with Crippen molar-refractivity contribution < 1.29 is 4.79 Å². The number of halogens is 1. The number of hydrogen-bond acceptors (Lipinski definition) is 2. The minimum absolute atomic E-state index is 0.111. The summed E-state index contributed by atoms with van der Waals surface area (Å²) >= 11 is 3.51. The lowest BCUT2D eigenvalue weighted by atomic mass is 10.0. The number of benzene rings is 1. The third kappa shape index (κ3) is 2.28. The molecule has 0 spiro atoms. The lowest BCUT2D eigenvalue weighted by molar-refractivity contribution is -0.121. The van der Waals surface area contributed by atoms with E-state index in [2.05, 4.69) is 26.6 Å². The summed E-state index contributed by atoms with van der Waals surface area (Å²) in [6, 6.07) is 3.97. The van der Waals surface area contributed by atoms with E-state index in [1.54, 1.807) is 0 Å². The highest BCUT2D eigenvalue weighted by Gasteiger charge is 2.24. The molecule has 1 aliphatic heterocycles. The van der Waals surface area contributed by atoms with Crippen molar-refractivity contribution in [3.8, 4) is 0 Å². The van der Waals surface area contributed by atoms with E-state index in [1.165, 1.54) is 0 Å². The van der Waals surface area contributed by atoms with Crippen LogP contribution < -0.4 is 10.6 Å². The third-order valence-electron chi connectivity index (χ3n) is 2.86. The SMILES string of the molecule is Cc1cc(NC(=O)C2CNC2)cc(C)c1Br. The van der Waals surface area contributed by atoms with Gasteiger partial charge in [0, 0.05) is 23.2 Å². The highest BCUT2D eigenvalue weighted by Crippen LogP contribution is 2.25. The van der Waals surface area contributed by atoms with Gasteiger partial charge in [-0.25, -0.2) is 0 Å². The van der Waals surface area contributed by atoms with Gasteiger partial charge < -0.3 is 10.6 Å². The van der Waals surface area contributed by atoms with Crippen molar-refractivity contribution in [2.45, 2.75) is 13.8 Å². The first-order chi connectivity index (χ1) is 7.58. The van der Waals surface area contributed by atoms with E-state index in [9.17, 15) is 4.79 Å². The van der Waals surface area contributed by atoms with Crippen LogP contribution >= 0.6 is 15.9 Å². The average Bonchev–Trinajstić information content (AvgIpc) is 2.10. The number of hydrogen-bond donors (Lipinski definition) is 2. The average molecular weight is 283 g/mol. The first-order valence-electron chi connectivity index (χ1n) is 5.36. The standard InChI is InChI=1S/C12H15BrN2O/c1-7-3-10(4-8(2)11(7)13)15-12(16)9-5-14-6-9/h3-4,9,14H,5-6H2,1-2H3,(H,15,16). The molecule has 0 atom stereocenters. The molecule has 4 heteroatoms. The Kier molecular flexibility index (Phi) is 3.30.